The van der Waals surface area contributed by atoms with E-state index in [9.17, 15) is 8.42 Å². The van der Waals surface area contributed by atoms with Crippen molar-refractivity contribution in [2.75, 3.05) is 12.9 Å². The number of hydrogen-bond donors (Lipinski definition) is 0. The molecular formula is C23H38O3S. The Morgan fingerprint density at radius 2 is 1.78 bits per heavy atom. The molecule has 1 aliphatic rings. The predicted molar refractivity (Wildman–Crippen MR) is 114 cm³/mol. The van der Waals surface area contributed by atoms with Crippen LogP contribution in [0.5, 0.6) is 5.75 Å². The van der Waals surface area contributed by atoms with E-state index in [-0.39, 0.29) is 5.25 Å². The third kappa shape index (κ3) is 7.48. The van der Waals surface area contributed by atoms with Crippen molar-refractivity contribution in [1.29, 1.82) is 0 Å². The van der Waals surface area contributed by atoms with Gasteiger partial charge in [-0.3, -0.25) is 0 Å². The number of aryl methyl sites for hydroxylation is 1. The van der Waals surface area contributed by atoms with Crippen LogP contribution in [-0.2, 0) is 16.3 Å². The summed E-state index contributed by atoms with van der Waals surface area (Å²) in [6.45, 7) is 3.60. The zero-order valence-corrected chi connectivity index (χ0v) is 18.3. The number of methoxy groups -OCH3 is 1. The molecule has 1 aromatic carbocycles. The highest BCUT2D eigenvalue weighted by atomic mass is 32.2. The second-order valence-corrected chi connectivity index (χ2v) is 11.2. The number of hydrogen-bond acceptors (Lipinski definition) is 3. The zero-order chi connectivity index (χ0) is 19.7. The molecule has 0 amide bonds. The van der Waals surface area contributed by atoms with E-state index in [4.69, 9.17) is 4.74 Å². The number of sulfone groups is 1. The summed E-state index contributed by atoms with van der Waals surface area (Å²) < 4.78 is 30.0. The molecule has 0 N–H and O–H groups in total. The summed E-state index contributed by atoms with van der Waals surface area (Å²) in [5.74, 6) is 2.63. The van der Waals surface area contributed by atoms with Crippen molar-refractivity contribution >= 4 is 9.84 Å². The average molecular weight is 395 g/mol. The molecule has 154 valence electrons. The first-order valence-corrected chi connectivity index (χ1v) is 12.5. The average Bonchev–Trinajstić information content (AvgIpc) is 2.67. The van der Waals surface area contributed by atoms with E-state index in [2.05, 4.69) is 12.1 Å². The van der Waals surface area contributed by atoms with E-state index in [0.29, 0.717) is 11.7 Å². The van der Waals surface area contributed by atoms with E-state index in [0.717, 1.165) is 37.4 Å². The second kappa shape index (κ2) is 11.1. The molecule has 0 heterocycles. The lowest BCUT2D eigenvalue weighted by atomic mass is 9.80. The number of ether oxygens (including phenoxy) is 1. The van der Waals surface area contributed by atoms with Gasteiger partial charge in [-0.25, -0.2) is 8.42 Å². The molecule has 1 aromatic rings. The lowest BCUT2D eigenvalue weighted by molar-refractivity contribution is 0.272. The quantitative estimate of drug-likeness (QED) is 0.475. The van der Waals surface area contributed by atoms with Gasteiger partial charge >= 0.3 is 0 Å². The Hall–Kier alpha value is -1.03. The Morgan fingerprint density at radius 3 is 2.44 bits per heavy atom. The minimum atomic E-state index is -2.94. The van der Waals surface area contributed by atoms with Crippen LogP contribution >= 0.6 is 0 Å². The van der Waals surface area contributed by atoms with E-state index in [1.54, 1.807) is 21.0 Å². The Morgan fingerprint density at radius 1 is 1.07 bits per heavy atom. The molecule has 1 fully saturated rings. The van der Waals surface area contributed by atoms with Crippen LogP contribution in [0.25, 0.3) is 0 Å². The SMILES string of the molecule is COc1ccccc1CCC[C@H](CCS(=O)(=O)C(C)C)CC1CCCCC1. The normalized spacial score (nSPS) is 17.2. The van der Waals surface area contributed by atoms with Gasteiger partial charge in [0.25, 0.3) is 0 Å². The maximum atomic E-state index is 12.3. The first-order valence-electron chi connectivity index (χ1n) is 10.8. The van der Waals surface area contributed by atoms with Crippen molar-refractivity contribution in [1.82, 2.24) is 0 Å². The first kappa shape index (κ1) is 22.3. The van der Waals surface area contributed by atoms with E-state index in [1.807, 2.05) is 12.1 Å². The summed E-state index contributed by atoms with van der Waals surface area (Å²) in [5, 5.41) is -0.263. The van der Waals surface area contributed by atoms with Gasteiger partial charge in [-0.15, -0.1) is 0 Å². The minimum absolute atomic E-state index is 0.263. The van der Waals surface area contributed by atoms with Gasteiger partial charge in [-0.2, -0.15) is 0 Å². The topological polar surface area (TPSA) is 43.4 Å². The van der Waals surface area contributed by atoms with Crippen LogP contribution in [0.1, 0.15) is 77.2 Å². The van der Waals surface area contributed by atoms with Gasteiger partial charge in [0.2, 0.25) is 0 Å². The second-order valence-electron chi connectivity index (χ2n) is 8.51. The van der Waals surface area contributed by atoms with Crippen LogP contribution in [0.4, 0.5) is 0 Å². The van der Waals surface area contributed by atoms with Gasteiger partial charge in [0.15, 0.2) is 9.84 Å². The molecule has 2 rings (SSSR count). The molecule has 0 bridgehead atoms. The predicted octanol–water partition coefficient (Wildman–Crippen LogP) is 5.82. The summed E-state index contributed by atoms with van der Waals surface area (Å²) in [4.78, 5) is 0. The molecule has 0 unspecified atom stereocenters. The molecule has 4 heteroatoms. The fourth-order valence-electron chi connectivity index (χ4n) is 4.33. The summed E-state index contributed by atoms with van der Waals surface area (Å²) in [5.41, 5.74) is 1.26. The van der Waals surface area contributed by atoms with Crippen molar-refractivity contribution in [3.8, 4) is 5.75 Å². The molecule has 0 radical (unpaired) electrons. The highest BCUT2D eigenvalue weighted by Gasteiger charge is 2.22. The summed E-state index contributed by atoms with van der Waals surface area (Å²) in [6, 6.07) is 8.22. The molecule has 0 aromatic heterocycles. The smallest absolute Gasteiger partial charge is 0.152 e. The Balaban J connectivity index is 1.91. The number of para-hydroxylation sites is 1. The largest absolute Gasteiger partial charge is 0.496 e. The van der Waals surface area contributed by atoms with Crippen molar-refractivity contribution in [3.05, 3.63) is 29.8 Å². The molecule has 27 heavy (non-hydrogen) atoms. The molecule has 0 spiro atoms. The Bertz CT molecular complexity index is 645. The van der Waals surface area contributed by atoms with Crippen LogP contribution in [0, 0.1) is 11.8 Å². The molecule has 3 nitrogen and oxygen atoms in total. The van der Waals surface area contributed by atoms with Crippen LogP contribution in [-0.4, -0.2) is 26.5 Å². The zero-order valence-electron chi connectivity index (χ0n) is 17.5. The van der Waals surface area contributed by atoms with Crippen molar-refractivity contribution in [2.45, 2.75) is 83.3 Å². The van der Waals surface area contributed by atoms with Gasteiger partial charge in [-0.1, -0.05) is 56.7 Å². The van der Waals surface area contributed by atoms with E-state index < -0.39 is 9.84 Å². The fourth-order valence-corrected chi connectivity index (χ4v) is 5.46. The van der Waals surface area contributed by atoms with Crippen LogP contribution in [0.15, 0.2) is 24.3 Å². The van der Waals surface area contributed by atoms with Crippen molar-refractivity contribution in [2.24, 2.45) is 11.8 Å². The highest BCUT2D eigenvalue weighted by molar-refractivity contribution is 7.91. The molecule has 1 aliphatic carbocycles. The molecule has 0 saturated heterocycles. The number of benzene rings is 1. The van der Waals surface area contributed by atoms with Crippen molar-refractivity contribution in [3.63, 3.8) is 0 Å². The Kier molecular flexibility index (Phi) is 9.14. The molecule has 1 atom stereocenters. The standard InChI is InChI=1S/C23H38O3S/c1-19(2)27(24,25)17-16-21(18-20-10-5-4-6-11-20)12-9-14-22-13-7-8-15-23(22)26-3/h7-8,13,15,19-21H,4-6,9-12,14,16-18H2,1-3H3/t21-/m1/s1. The highest BCUT2D eigenvalue weighted by Crippen LogP contribution is 2.33. The maximum Gasteiger partial charge on any atom is 0.152 e. The third-order valence-electron chi connectivity index (χ3n) is 6.17. The van der Waals surface area contributed by atoms with Gasteiger partial charge in [0.1, 0.15) is 5.75 Å². The van der Waals surface area contributed by atoms with E-state index in [1.165, 1.54) is 44.1 Å². The maximum absolute atomic E-state index is 12.3. The molecule has 1 saturated carbocycles. The summed E-state index contributed by atoms with van der Waals surface area (Å²) >= 11 is 0. The number of rotatable bonds is 11. The lowest BCUT2D eigenvalue weighted by Gasteiger charge is -2.27. The molecular weight excluding hydrogens is 356 g/mol. The molecule has 0 aliphatic heterocycles. The van der Waals surface area contributed by atoms with Crippen LogP contribution in [0.3, 0.4) is 0 Å². The minimum Gasteiger partial charge on any atom is -0.496 e. The van der Waals surface area contributed by atoms with Gasteiger partial charge < -0.3 is 4.74 Å². The lowest BCUT2D eigenvalue weighted by Crippen LogP contribution is -2.21. The summed E-state index contributed by atoms with van der Waals surface area (Å²) in [7, 11) is -1.22. The van der Waals surface area contributed by atoms with Gasteiger partial charge in [0.05, 0.1) is 18.1 Å². The monoisotopic (exact) mass is 394 g/mol. The first-order chi connectivity index (χ1) is 12.9. The van der Waals surface area contributed by atoms with Gasteiger partial charge in [-0.05, 0) is 63.0 Å². The van der Waals surface area contributed by atoms with Crippen LogP contribution < -0.4 is 4.74 Å². The van der Waals surface area contributed by atoms with E-state index >= 15 is 0 Å². The Labute approximate surface area is 166 Å². The third-order valence-corrected chi connectivity index (χ3v) is 8.41. The fraction of sp³-hybridized carbons (Fsp3) is 0.739. The van der Waals surface area contributed by atoms with Crippen molar-refractivity contribution < 1.29 is 13.2 Å². The van der Waals surface area contributed by atoms with Crippen LogP contribution in [0.2, 0.25) is 0 Å². The summed E-state index contributed by atoms with van der Waals surface area (Å²) in [6.07, 6.45) is 12.0. The van der Waals surface area contributed by atoms with Gasteiger partial charge in [0, 0.05) is 0 Å².